The molecule has 0 fully saturated rings. The summed E-state index contributed by atoms with van der Waals surface area (Å²) < 4.78 is 7.17. The van der Waals surface area contributed by atoms with E-state index in [0.717, 1.165) is 17.8 Å². The summed E-state index contributed by atoms with van der Waals surface area (Å²) in [7, 11) is 3.63. The first kappa shape index (κ1) is 23.7. The molecule has 0 aliphatic heterocycles. The lowest BCUT2D eigenvalue weighted by atomic mass is 10.1. The fourth-order valence-corrected chi connectivity index (χ4v) is 2.43. The van der Waals surface area contributed by atoms with Gasteiger partial charge in [-0.15, -0.1) is 24.0 Å². The number of rotatable bonds is 5. The number of halogens is 1. The molecule has 1 unspecified atom stereocenters. The Balaban J connectivity index is 0.00000576. The lowest BCUT2D eigenvalue weighted by Crippen LogP contribution is -2.45. The van der Waals surface area contributed by atoms with Crippen LogP contribution in [0.15, 0.2) is 4.99 Å². The van der Waals surface area contributed by atoms with Crippen LogP contribution in [0, 0.1) is 13.8 Å². The predicted octanol–water partition coefficient (Wildman–Crippen LogP) is 2.09. The highest BCUT2D eigenvalue weighted by molar-refractivity contribution is 14.0. The van der Waals surface area contributed by atoms with Crippen LogP contribution >= 0.6 is 24.0 Å². The molecule has 144 valence electrons. The number of nitrogens with one attached hydrogen (secondary N) is 2. The second kappa shape index (κ2) is 9.98. The summed E-state index contributed by atoms with van der Waals surface area (Å²) in [6, 6.07) is 0.149. The second-order valence-corrected chi connectivity index (χ2v) is 7.03. The number of aryl methyl sites for hydroxylation is 2. The average Bonchev–Trinajstić information content (AvgIpc) is 2.68. The maximum Gasteiger partial charge on any atom is 0.325 e. The van der Waals surface area contributed by atoms with Gasteiger partial charge < -0.3 is 15.4 Å². The Morgan fingerprint density at radius 3 is 2.40 bits per heavy atom. The van der Waals surface area contributed by atoms with E-state index in [0.29, 0.717) is 5.96 Å². The van der Waals surface area contributed by atoms with E-state index < -0.39 is 5.60 Å². The first-order valence-electron chi connectivity index (χ1n) is 8.21. The van der Waals surface area contributed by atoms with Crippen LogP contribution in [0.25, 0.3) is 0 Å². The minimum atomic E-state index is -0.488. The topological polar surface area (TPSA) is 80.5 Å². The van der Waals surface area contributed by atoms with E-state index >= 15 is 0 Å². The Labute approximate surface area is 168 Å². The lowest BCUT2D eigenvalue weighted by molar-refractivity contribution is -0.153. The molecular formula is C17H32IN5O2. The highest BCUT2D eigenvalue weighted by Crippen LogP contribution is 2.14. The number of carbonyl (C=O) groups excluding carboxylic acids is 1. The summed E-state index contributed by atoms with van der Waals surface area (Å²) in [5.41, 5.74) is 2.96. The van der Waals surface area contributed by atoms with Crippen molar-refractivity contribution in [3.63, 3.8) is 0 Å². The van der Waals surface area contributed by atoms with Gasteiger partial charge in [-0.1, -0.05) is 0 Å². The highest BCUT2D eigenvalue weighted by atomic mass is 127. The molecule has 0 amide bonds. The number of guanidine groups is 1. The number of nitrogens with zero attached hydrogens (tertiary/aromatic N) is 3. The molecule has 0 aromatic carbocycles. The molecule has 2 N–H and O–H groups in total. The maximum atomic E-state index is 11.8. The quantitative estimate of drug-likeness (QED) is 0.301. The summed E-state index contributed by atoms with van der Waals surface area (Å²) in [4.78, 5) is 15.9. The molecule has 1 heterocycles. The number of hydrogen-bond donors (Lipinski definition) is 2. The third-order valence-electron chi connectivity index (χ3n) is 3.60. The molecule has 1 rings (SSSR count). The molecule has 25 heavy (non-hydrogen) atoms. The molecule has 1 aromatic heterocycles. The van der Waals surface area contributed by atoms with Gasteiger partial charge in [-0.2, -0.15) is 5.10 Å². The molecule has 7 nitrogen and oxygen atoms in total. The minimum absolute atomic E-state index is 0. The van der Waals surface area contributed by atoms with E-state index in [1.165, 1.54) is 5.56 Å². The summed E-state index contributed by atoms with van der Waals surface area (Å²) in [5, 5.41) is 10.7. The Kier molecular flexibility index (Phi) is 9.45. The summed E-state index contributed by atoms with van der Waals surface area (Å²) in [6.45, 7) is 11.8. The monoisotopic (exact) mass is 465 g/mol. The van der Waals surface area contributed by atoms with Gasteiger partial charge in [0.2, 0.25) is 0 Å². The van der Waals surface area contributed by atoms with Crippen LogP contribution in [0.3, 0.4) is 0 Å². The molecular weight excluding hydrogens is 433 g/mol. The molecule has 1 atom stereocenters. The SMILES string of the molecule is CN=C(NCC(=O)OC(C)(C)C)NC(C)Cc1c(C)nn(C)c1C.I. The molecule has 0 saturated carbocycles. The number of hydrogen-bond acceptors (Lipinski definition) is 4. The normalized spacial score (nSPS) is 13.0. The Morgan fingerprint density at radius 1 is 1.36 bits per heavy atom. The fourth-order valence-electron chi connectivity index (χ4n) is 2.43. The van der Waals surface area contributed by atoms with E-state index in [-0.39, 0.29) is 42.5 Å². The van der Waals surface area contributed by atoms with Gasteiger partial charge in [0.25, 0.3) is 0 Å². The lowest BCUT2D eigenvalue weighted by Gasteiger charge is -2.21. The van der Waals surface area contributed by atoms with Gasteiger partial charge in [0, 0.05) is 25.8 Å². The van der Waals surface area contributed by atoms with Gasteiger partial charge in [0.15, 0.2) is 5.96 Å². The predicted molar refractivity (Wildman–Crippen MR) is 112 cm³/mol. The van der Waals surface area contributed by atoms with Crippen molar-refractivity contribution in [3.8, 4) is 0 Å². The first-order valence-corrected chi connectivity index (χ1v) is 8.21. The number of ether oxygens (including phenoxy) is 1. The molecule has 0 bridgehead atoms. The second-order valence-electron chi connectivity index (χ2n) is 7.03. The molecule has 0 saturated heterocycles. The Morgan fingerprint density at radius 2 is 1.96 bits per heavy atom. The van der Waals surface area contributed by atoms with E-state index in [1.54, 1.807) is 7.05 Å². The summed E-state index contributed by atoms with van der Waals surface area (Å²) in [6.07, 6.45) is 0.832. The van der Waals surface area contributed by atoms with Crippen molar-refractivity contribution < 1.29 is 9.53 Å². The fraction of sp³-hybridized carbons (Fsp3) is 0.706. The van der Waals surface area contributed by atoms with Crippen LogP contribution in [0.4, 0.5) is 0 Å². The highest BCUT2D eigenvalue weighted by Gasteiger charge is 2.17. The van der Waals surface area contributed by atoms with Crippen LogP contribution < -0.4 is 10.6 Å². The van der Waals surface area contributed by atoms with Gasteiger partial charge in [-0.25, -0.2) is 0 Å². The van der Waals surface area contributed by atoms with Crippen molar-refractivity contribution in [3.05, 3.63) is 17.0 Å². The molecule has 0 spiro atoms. The summed E-state index contributed by atoms with van der Waals surface area (Å²) >= 11 is 0. The van der Waals surface area contributed by atoms with Crippen molar-refractivity contribution in [2.24, 2.45) is 12.0 Å². The molecule has 1 aromatic rings. The molecule has 0 aliphatic rings. The molecule has 8 heteroatoms. The van der Waals surface area contributed by atoms with Crippen LogP contribution in [0.1, 0.15) is 44.6 Å². The summed E-state index contributed by atoms with van der Waals surface area (Å²) in [5.74, 6) is 0.268. The third kappa shape index (κ3) is 8.06. The smallest absolute Gasteiger partial charge is 0.325 e. The van der Waals surface area contributed by atoms with Crippen LogP contribution in [0.2, 0.25) is 0 Å². The number of esters is 1. The Hall–Kier alpha value is -1.32. The minimum Gasteiger partial charge on any atom is -0.459 e. The van der Waals surface area contributed by atoms with Crippen LogP contribution in [-0.2, 0) is 23.0 Å². The van der Waals surface area contributed by atoms with Crippen LogP contribution in [0.5, 0.6) is 0 Å². The van der Waals surface area contributed by atoms with E-state index in [4.69, 9.17) is 4.74 Å². The van der Waals surface area contributed by atoms with Crippen molar-refractivity contribution in [1.82, 2.24) is 20.4 Å². The van der Waals surface area contributed by atoms with Crippen molar-refractivity contribution >= 4 is 35.9 Å². The number of aromatic nitrogens is 2. The first-order chi connectivity index (χ1) is 11.0. The van der Waals surface area contributed by atoms with E-state index in [2.05, 4.69) is 34.6 Å². The standard InChI is InChI=1S/C17H31N5O2.HI/c1-11(9-14-12(2)21-22(8)13(14)3)20-16(18-7)19-10-15(23)24-17(4,5)6;/h11H,9-10H2,1-8H3,(H2,18,19,20);1H. The van der Waals surface area contributed by atoms with E-state index in [1.807, 2.05) is 39.4 Å². The zero-order valence-corrected chi connectivity index (χ0v) is 18.9. The Bertz CT molecular complexity index is 605. The zero-order chi connectivity index (χ0) is 18.5. The molecule has 0 radical (unpaired) electrons. The largest absolute Gasteiger partial charge is 0.459 e. The zero-order valence-electron chi connectivity index (χ0n) is 16.6. The van der Waals surface area contributed by atoms with Gasteiger partial charge >= 0.3 is 5.97 Å². The van der Waals surface area contributed by atoms with Gasteiger partial charge in [0.05, 0.1) is 5.69 Å². The third-order valence-corrected chi connectivity index (χ3v) is 3.60. The molecule has 0 aliphatic carbocycles. The van der Waals surface area contributed by atoms with Crippen molar-refractivity contribution in [2.75, 3.05) is 13.6 Å². The van der Waals surface area contributed by atoms with Gasteiger partial charge in [0.1, 0.15) is 12.1 Å². The van der Waals surface area contributed by atoms with Crippen LogP contribution in [-0.4, -0.2) is 46.9 Å². The van der Waals surface area contributed by atoms with Gasteiger partial charge in [-0.05, 0) is 53.5 Å². The maximum absolute atomic E-state index is 11.8. The number of aliphatic imine (C=N–C) groups is 1. The van der Waals surface area contributed by atoms with Crippen molar-refractivity contribution in [1.29, 1.82) is 0 Å². The van der Waals surface area contributed by atoms with Crippen molar-refractivity contribution in [2.45, 2.75) is 59.6 Å². The number of carbonyl (C=O) groups is 1. The van der Waals surface area contributed by atoms with Gasteiger partial charge in [-0.3, -0.25) is 14.5 Å². The van der Waals surface area contributed by atoms with E-state index in [9.17, 15) is 4.79 Å². The average molecular weight is 465 g/mol.